The van der Waals surface area contributed by atoms with Crippen molar-refractivity contribution >= 4 is 25.6 Å². The molecule has 6 heteroatoms. The Morgan fingerprint density at radius 2 is 1.94 bits per heavy atom. The molecule has 0 aliphatic carbocycles. The van der Waals surface area contributed by atoms with Crippen LogP contribution in [0.15, 0.2) is 30.3 Å². The van der Waals surface area contributed by atoms with Crippen molar-refractivity contribution in [1.29, 1.82) is 0 Å². The van der Waals surface area contributed by atoms with E-state index in [9.17, 15) is 13.2 Å². The predicted octanol–water partition coefficient (Wildman–Crippen LogP) is 1.36. The van der Waals surface area contributed by atoms with Gasteiger partial charge in [-0.1, -0.05) is 30.3 Å². The molecule has 1 atom stereocenters. The highest BCUT2D eigenvalue weighted by molar-refractivity contribution is 8.14. The number of benzene rings is 1. The molecule has 0 saturated carbocycles. The van der Waals surface area contributed by atoms with Gasteiger partial charge in [0.15, 0.2) is 0 Å². The molecule has 2 rings (SSSR count). The third-order valence-electron chi connectivity index (χ3n) is 2.79. The van der Waals surface area contributed by atoms with E-state index in [1.54, 1.807) is 0 Å². The van der Waals surface area contributed by atoms with Gasteiger partial charge in [-0.2, -0.15) is 0 Å². The lowest BCUT2D eigenvalue weighted by Gasteiger charge is -2.15. The molecular formula is C11H12ClNO3S. The number of nitrogens with zero attached hydrogens (tertiary/aromatic N) is 1. The zero-order chi connectivity index (χ0) is 12.5. The average Bonchev–Trinajstić information content (AvgIpc) is 2.62. The Kier molecular flexibility index (Phi) is 3.40. The van der Waals surface area contributed by atoms with Crippen molar-refractivity contribution in [2.24, 2.45) is 0 Å². The second-order valence-electron chi connectivity index (χ2n) is 4.06. The van der Waals surface area contributed by atoms with Crippen LogP contribution in [-0.4, -0.2) is 31.0 Å². The minimum atomic E-state index is -3.65. The van der Waals surface area contributed by atoms with Crippen molar-refractivity contribution < 1.29 is 13.2 Å². The summed E-state index contributed by atoms with van der Waals surface area (Å²) in [5.41, 5.74) is 0.980. The lowest BCUT2D eigenvalue weighted by molar-refractivity contribution is -0.128. The molecule has 1 aromatic carbocycles. The van der Waals surface area contributed by atoms with Crippen LogP contribution in [0, 0.1) is 0 Å². The van der Waals surface area contributed by atoms with Gasteiger partial charge in [0.2, 0.25) is 15.0 Å². The fraction of sp³-hybridized carbons (Fsp3) is 0.364. The smallest absolute Gasteiger partial charge is 0.237 e. The first-order chi connectivity index (χ1) is 7.97. The van der Waals surface area contributed by atoms with Crippen molar-refractivity contribution in [2.75, 3.05) is 6.54 Å². The largest absolute Gasteiger partial charge is 0.337 e. The van der Waals surface area contributed by atoms with Crippen LogP contribution in [0.1, 0.15) is 12.0 Å². The molecule has 92 valence electrons. The summed E-state index contributed by atoms with van der Waals surface area (Å²) in [5.74, 6) is -0.164. The van der Waals surface area contributed by atoms with Crippen LogP contribution in [-0.2, 0) is 20.4 Å². The molecule has 0 bridgehead atoms. The van der Waals surface area contributed by atoms with E-state index in [1.807, 2.05) is 30.3 Å². The Bertz CT molecular complexity index is 515. The van der Waals surface area contributed by atoms with Gasteiger partial charge in [-0.25, -0.2) is 8.42 Å². The predicted molar refractivity (Wildman–Crippen MR) is 65.0 cm³/mol. The van der Waals surface area contributed by atoms with Crippen molar-refractivity contribution in [3.05, 3.63) is 35.9 Å². The molecule has 1 amide bonds. The van der Waals surface area contributed by atoms with E-state index in [0.717, 1.165) is 5.56 Å². The average molecular weight is 274 g/mol. The molecule has 17 heavy (non-hydrogen) atoms. The number of hydrogen-bond acceptors (Lipinski definition) is 3. The van der Waals surface area contributed by atoms with Crippen LogP contribution in [0.25, 0.3) is 0 Å². The molecule has 1 aliphatic heterocycles. The van der Waals surface area contributed by atoms with E-state index in [0.29, 0.717) is 6.54 Å². The molecule has 1 saturated heterocycles. The third kappa shape index (κ3) is 2.98. The van der Waals surface area contributed by atoms with Gasteiger partial charge in [0.25, 0.3) is 0 Å². The fourth-order valence-electron chi connectivity index (χ4n) is 1.88. The van der Waals surface area contributed by atoms with Gasteiger partial charge in [0.1, 0.15) is 5.25 Å². The molecule has 4 nitrogen and oxygen atoms in total. The monoisotopic (exact) mass is 273 g/mol. The van der Waals surface area contributed by atoms with Gasteiger partial charge in [-0.15, -0.1) is 0 Å². The summed E-state index contributed by atoms with van der Waals surface area (Å²) in [6.45, 7) is 0.613. The first-order valence-electron chi connectivity index (χ1n) is 5.22. The number of likely N-dealkylation sites (tertiary alicyclic amines) is 1. The summed E-state index contributed by atoms with van der Waals surface area (Å²) >= 11 is 0. The third-order valence-corrected chi connectivity index (χ3v) is 4.66. The van der Waals surface area contributed by atoms with Crippen LogP contribution < -0.4 is 0 Å². The molecule has 0 spiro atoms. The maximum atomic E-state index is 11.6. The quantitative estimate of drug-likeness (QED) is 0.782. The Balaban J connectivity index is 2.07. The van der Waals surface area contributed by atoms with E-state index in [1.165, 1.54) is 4.90 Å². The van der Waals surface area contributed by atoms with Crippen LogP contribution in [0.3, 0.4) is 0 Å². The van der Waals surface area contributed by atoms with Crippen LogP contribution in [0.4, 0.5) is 0 Å². The second-order valence-corrected chi connectivity index (χ2v) is 6.97. The van der Waals surface area contributed by atoms with Gasteiger partial charge in [-0.3, -0.25) is 4.79 Å². The minimum absolute atomic E-state index is 0.0152. The number of hydrogen-bond donors (Lipinski definition) is 0. The maximum Gasteiger partial charge on any atom is 0.237 e. The van der Waals surface area contributed by atoms with Gasteiger partial charge < -0.3 is 4.90 Å². The van der Waals surface area contributed by atoms with E-state index in [-0.39, 0.29) is 18.9 Å². The van der Waals surface area contributed by atoms with Crippen molar-refractivity contribution in [3.63, 3.8) is 0 Å². The Morgan fingerprint density at radius 3 is 2.47 bits per heavy atom. The van der Waals surface area contributed by atoms with Crippen molar-refractivity contribution in [2.45, 2.75) is 18.2 Å². The molecule has 1 fully saturated rings. The molecule has 1 aliphatic rings. The molecule has 1 heterocycles. The summed E-state index contributed by atoms with van der Waals surface area (Å²) in [4.78, 5) is 13.2. The topological polar surface area (TPSA) is 54.5 Å². The minimum Gasteiger partial charge on any atom is -0.337 e. The number of carbonyl (C=O) groups is 1. The first-order valence-corrected chi connectivity index (χ1v) is 7.59. The highest BCUT2D eigenvalue weighted by atomic mass is 35.7. The molecule has 1 aromatic rings. The Hall–Kier alpha value is -1.07. The lowest BCUT2D eigenvalue weighted by Crippen LogP contribution is -2.26. The number of carbonyl (C=O) groups excluding carboxylic acids is 1. The highest BCUT2D eigenvalue weighted by Crippen LogP contribution is 2.22. The summed E-state index contributed by atoms with van der Waals surface area (Å²) in [7, 11) is 1.62. The highest BCUT2D eigenvalue weighted by Gasteiger charge is 2.37. The molecule has 0 N–H and O–H groups in total. The Morgan fingerprint density at radius 1 is 1.29 bits per heavy atom. The Labute approximate surface area is 105 Å². The normalized spacial score (nSPS) is 20.9. The standard InChI is InChI=1S/C11H12ClNO3S/c12-17(15,16)10-6-11(14)13(8-10)7-9-4-2-1-3-5-9/h1-5,10H,6-8H2. The van der Waals surface area contributed by atoms with Crippen molar-refractivity contribution in [1.82, 2.24) is 4.90 Å². The van der Waals surface area contributed by atoms with Gasteiger partial charge in [0.05, 0.1) is 0 Å². The first kappa shape index (κ1) is 12.4. The van der Waals surface area contributed by atoms with Crippen LogP contribution in [0.2, 0.25) is 0 Å². The fourth-order valence-corrected chi connectivity index (χ4v) is 2.94. The molecule has 0 aromatic heterocycles. The van der Waals surface area contributed by atoms with Gasteiger partial charge in [0, 0.05) is 30.2 Å². The zero-order valence-electron chi connectivity index (χ0n) is 9.04. The zero-order valence-corrected chi connectivity index (χ0v) is 10.6. The molecular weight excluding hydrogens is 262 g/mol. The van der Waals surface area contributed by atoms with E-state index < -0.39 is 14.3 Å². The SMILES string of the molecule is O=C1CC(S(=O)(=O)Cl)CN1Cc1ccccc1. The molecule has 0 radical (unpaired) electrons. The van der Waals surface area contributed by atoms with E-state index in [2.05, 4.69) is 0 Å². The van der Waals surface area contributed by atoms with E-state index in [4.69, 9.17) is 10.7 Å². The molecule has 1 unspecified atom stereocenters. The number of halogens is 1. The summed E-state index contributed by atoms with van der Waals surface area (Å²) < 4.78 is 22.3. The summed E-state index contributed by atoms with van der Waals surface area (Å²) in [5, 5.41) is -0.777. The number of rotatable bonds is 3. The van der Waals surface area contributed by atoms with Gasteiger partial charge >= 0.3 is 0 Å². The van der Waals surface area contributed by atoms with Crippen LogP contribution in [0.5, 0.6) is 0 Å². The van der Waals surface area contributed by atoms with E-state index >= 15 is 0 Å². The lowest BCUT2D eigenvalue weighted by atomic mass is 10.2. The number of amides is 1. The van der Waals surface area contributed by atoms with Gasteiger partial charge in [-0.05, 0) is 5.56 Å². The second kappa shape index (κ2) is 4.66. The van der Waals surface area contributed by atoms with Crippen LogP contribution >= 0.6 is 10.7 Å². The maximum absolute atomic E-state index is 11.6. The van der Waals surface area contributed by atoms with Crippen molar-refractivity contribution in [3.8, 4) is 0 Å². The summed E-state index contributed by atoms with van der Waals surface area (Å²) in [6, 6.07) is 9.45. The summed E-state index contributed by atoms with van der Waals surface area (Å²) in [6.07, 6.45) is -0.0152.